The van der Waals surface area contributed by atoms with Gasteiger partial charge in [0.15, 0.2) is 0 Å². The van der Waals surface area contributed by atoms with Crippen molar-refractivity contribution in [1.29, 1.82) is 0 Å². The highest BCUT2D eigenvalue weighted by molar-refractivity contribution is 5.97. The SMILES string of the molecule is CC(C)(C)C(=O)Nc1cccc(NC(=O)CNc2ccc(C(=O)N3CCCCCC3)cc2)c1. The predicted octanol–water partition coefficient (Wildman–Crippen LogP) is 4.74. The first-order chi connectivity index (χ1) is 15.7. The minimum atomic E-state index is -0.504. The summed E-state index contributed by atoms with van der Waals surface area (Å²) >= 11 is 0. The maximum Gasteiger partial charge on any atom is 0.253 e. The largest absolute Gasteiger partial charge is 0.376 e. The molecule has 0 saturated carbocycles. The third-order valence-corrected chi connectivity index (χ3v) is 5.56. The molecule has 0 unspecified atom stereocenters. The van der Waals surface area contributed by atoms with Crippen LogP contribution in [0.5, 0.6) is 0 Å². The third kappa shape index (κ3) is 7.34. The van der Waals surface area contributed by atoms with Crippen LogP contribution < -0.4 is 16.0 Å². The molecule has 1 aliphatic rings. The molecule has 176 valence electrons. The number of hydrogen-bond acceptors (Lipinski definition) is 4. The van der Waals surface area contributed by atoms with Crippen LogP contribution in [-0.4, -0.2) is 42.3 Å². The van der Waals surface area contributed by atoms with Crippen LogP contribution in [0.15, 0.2) is 48.5 Å². The number of carbonyl (C=O) groups excluding carboxylic acids is 3. The lowest BCUT2D eigenvalue weighted by Crippen LogP contribution is -2.31. The molecule has 3 rings (SSSR count). The number of likely N-dealkylation sites (tertiary alicyclic amines) is 1. The lowest BCUT2D eigenvalue weighted by Gasteiger charge is -2.20. The first-order valence-corrected chi connectivity index (χ1v) is 11.6. The van der Waals surface area contributed by atoms with Gasteiger partial charge in [0.2, 0.25) is 11.8 Å². The van der Waals surface area contributed by atoms with Crippen LogP contribution in [0.2, 0.25) is 0 Å². The summed E-state index contributed by atoms with van der Waals surface area (Å²) in [5.74, 6) is -0.232. The average Bonchev–Trinajstić information content (AvgIpc) is 3.07. The Morgan fingerprint density at radius 3 is 2.03 bits per heavy atom. The molecular formula is C26H34N4O3. The van der Waals surface area contributed by atoms with Crippen LogP contribution in [0.25, 0.3) is 0 Å². The fraction of sp³-hybridized carbons (Fsp3) is 0.423. The Hall–Kier alpha value is -3.35. The second kappa shape index (κ2) is 11.0. The minimum Gasteiger partial charge on any atom is -0.376 e. The van der Waals surface area contributed by atoms with E-state index in [4.69, 9.17) is 0 Å². The number of rotatable bonds is 6. The van der Waals surface area contributed by atoms with E-state index in [0.29, 0.717) is 16.9 Å². The summed E-state index contributed by atoms with van der Waals surface area (Å²) in [6.07, 6.45) is 4.49. The van der Waals surface area contributed by atoms with Crippen molar-refractivity contribution < 1.29 is 14.4 Å². The molecule has 2 aromatic carbocycles. The van der Waals surface area contributed by atoms with Crippen LogP contribution in [0.1, 0.15) is 56.8 Å². The number of amides is 3. The fourth-order valence-electron chi connectivity index (χ4n) is 3.57. The number of nitrogens with one attached hydrogen (secondary N) is 3. The highest BCUT2D eigenvalue weighted by Gasteiger charge is 2.21. The van der Waals surface area contributed by atoms with E-state index >= 15 is 0 Å². The number of anilines is 3. The maximum atomic E-state index is 12.7. The fourth-order valence-corrected chi connectivity index (χ4v) is 3.57. The van der Waals surface area contributed by atoms with Crippen molar-refractivity contribution >= 4 is 34.8 Å². The molecular weight excluding hydrogens is 416 g/mol. The summed E-state index contributed by atoms with van der Waals surface area (Å²) in [7, 11) is 0. The standard InChI is InChI=1S/C26H34N4O3/c1-26(2,3)25(33)29-22-10-8-9-21(17-22)28-23(31)18-27-20-13-11-19(12-14-20)24(32)30-15-6-4-5-7-16-30/h8-14,17,27H,4-7,15-16,18H2,1-3H3,(H,28,31)(H,29,33). The van der Waals surface area contributed by atoms with Gasteiger partial charge in [-0.25, -0.2) is 0 Å². The van der Waals surface area contributed by atoms with Gasteiger partial charge >= 0.3 is 0 Å². The molecule has 0 aliphatic carbocycles. The third-order valence-electron chi connectivity index (χ3n) is 5.56. The Bertz CT molecular complexity index is 972. The predicted molar refractivity (Wildman–Crippen MR) is 132 cm³/mol. The van der Waals surface area contributed by atoms with Crippen LogP contribution in [-0.2, 0) is 9.59 Å². The molecule has 3 amide bonds. The molecule has 0 atom stereocenters. The molecule has 33 heavy (non-hydrogen) atoms. The van der Waals surface area contributed by atoms with Gasteiger partial charge in [-0.3, -0.25) is 14.4 Å². The van der Waals surface area contributed by atoms with Crippen LogP contribution in [0.3, 0.4) is 0 Å². The molecule has 3 N–H and O–H groups in total. The molecule has 1 fully saturated rings. The summed E-state index contributed by atoms with van der Waals surface area (Å²) in [6.45, 7) is 7.25. The van der Waals surface area contributed by atoms with E-state index in [1.54, 1.807) is 36.4 Å². The molecule has 2 aromatic rings. The van der Waals surface area contributed by atoms with E-state index < -0.39 is 5.41 Å². The maximum absolute atomic E-state index is 12.7. The number of nitrogens with zero attached hydrogens (tertiary/aromatic N) is 1. The van der Waals surface area contributed by atoms with Crippen molar-refractivity contribution in [2.75, 3.05) is 35.6 Å². The van der Waals surface area contributed by atoms with Gasteiger partial charge in [-0.1, -0.05) is 39.7 Å². The second-order valence-corrected chi connectivity index (χ2v) is 9.47. The Kier molecular flexibility index (Phi) is 8.09. The zero-order valence-corrected chi connectivity index (χ0v) is 19.7. The zero-order chi connectivity index (χ0) is 23.8. The molecule has 0 spiro atoms. The van der Waals surface area contributed by atoms with Gasteiger partial charge in [-0.05, 0) is 55.3 Å². The van der Waals surface area contributed by atoms with Gasteiger partial charge in [0, 0.05) is 41.1 Å². The second-order valence-electron chi connectivity index (χ2n) is 9.47. The monoisotopic (exact) mass is 450 g/mol. The Morgan fingerprint density at radius 2 is 1.42 bits per heavy atom. The van der Waals surface area contributed by atoms with E-state index in [2.05, 4.69) is 16.0 Å². The number of benzene rings is 2. The zero-order valence-electron chi connectivity index (χ0n) is 19.7. The Balaban J connectivity index is 1.50. The summed E-state index contributed by atoms with van der Waals surface area (Å²) in [5, 5.41) is 8.77. The molecule has 1 heterocycles. The van der Waals surface area contributed by atoms with Crippen molar-refractivity contribution in [1.82, 2.24) is 4.90 Å². The van der Waals surface area contributed by atoms with Crippen LogP contribution in [0.4, 0.5) is 17.1 Å². The highest BCUT2D eigenvalue weighted by atomic mass is 16.2. The summed E-state index contributed by atoms with van der Waals surface area (Å²) in [5.41, 5.74) is 2.16. The van der Waals surface area contributed by atoms with Crippen LogP contribution in [0, 0.1) is 5.41 Å². The van der Waals surface area contributed by atoms with Gasteiger partial charge in [-0.2, -0.15) is 0 Å². The van der Waals surface area contributed by atoms with E-state index in [-0.39, 0.29) is 24.3 Å². The van der Waals surface area contributed by atoms with Crippen molar-refractivity contribution in [3.05, 3.63) is 54.1 Å². The van der Waals surface area contributed by atoms with Crippen molar-refractivity contribution in [3.8, 4) is 0 Å². The smallest absolute Gasteiger partial charge is 0.253 e. The van der Waals surface area contributed by atoms with Crippen LogP contribution >= 0.6 is 0 Å². The molecule has 1 saturated heterocycles. The van der Waals surface area contributed by atoms with Crippen molar-refractivity contribution in [2.24, 2.45) is 5.41 Å². The molecule has 1 aliphatic heterocycles. The number of carbonyl (C=O) groups is 3. The van der Waals surface area contributed by atoms with Gasteiger partial charge in [-0.15, -0.1) is 0 Å². The lowest BCUT2D eigenvalue weighted by atomic mass is 9.95. The summed E-state index contributed by atoms with van der Waals surface area (Å²) in [6, 6.07) is 14.3. The van der Waals surface area contributed by atoms with Gasteiger partial charge < -0.3 is 20.9 Å². The lowest BCUT2D eigenvalue weighted by molar-refractivity contribution is -0.123. The van der Waals surface area contributed by atoms with Crippen molar-refractivity contribution in [2.45, 2.75) is 46.5 Å². The van der Waals surface area contributed by atoms with Gasteiger partial charge in [0.05, 0.1) is 6.54 Å². The minimum absolute atomic E-state index is 0.0691. The first-order valence-electron chi connectivity index (χ1n) is 11.6. The molecule has 0 radical (unpaired) electrons. The quantitative estimate of drug-likeness (QED) is 0.593. The van der Waals surface area contributed by atoms with E-state index in [1.165, 1.54) is 12.8 Å². The molecule has 0 aromatic heterocycles. The van der Waals surface area contributed by atoms with E-state index in [0.717, 1.165) is 31.6 Å². The molecule has 7 nitrogen and oxygen atoms in total. The Labute approximate surface area is 195 Å². The van der Waals surface area contributed by atoms with Gasteiger partial charge in [0.25, 0.3) is 5.91 Å². The van der Waals surface area contributed by atoms with E-state index in [1.807, 2.05) is 37.8 Å². The molecule has 7 heteroatoms. The topological polar surface area (TPSA) is 90.5 Å². The van der Waals surface area contributed by atoms with E-state index in [9.17, 15) is 14.4 Å². The van der Waals surface area contributed by atoms with Crippen molar-refractivity contribution in [3.63, 3.8) is 0 Å². The first kappa shape index (κ1) is 24.3. The van der Waals surface area contributed by atoms with Gasteiger partial charge in [0.1, 0.15) is 0 Å². The number of hydrogen-bond donors (Lipinski definition) is 3. The Morgan fingerprint density at radius 1 is 0.818 bits per heavy atom. The molecule has 0 bridgehead atoms. The highest BCUT2D eigenvalue weighted by Crippen LogP contribution is 2.20. The summed E-state index contributed by atoms with van der Waals surface area (Å²) in [4.78, 5) is 39.2. The summed E-state index contributed by atoms with van der Waals surface area (Å²) < 4.78 is 0. The average molecular weight is 451 g/mol. The normalized spacial score (nSPS) is 14.2.